The minimum Gasteiger partial charge on any atom is -0.342 e. The van der Waals surface area contributed by atoms with Crippen LogP contribution in [0.25, 0.3) is 0 Å². The lowest BCUT2D eigenvalue weighted by atomic mass is 9.77. The normalized spacial score (nSPS) is 26.7. The van der Waals surface area contributed by atoms with Crippen molar-refractivity contribution in [3.05, 3.63) is 28.2 Å². The number of nitrogens with zero attached hydrogens (tertiary/aromatic N) is 3. The van der Waals surface area contributed by atoms with Crippen LogP contribution in [0.4, 0.5) is 0 Å². The van der Waals surface area contributed by atoms with Crippen molar-refractivity contribution < 1.29 is 9.59 Å². The molecule has 1 spiro atoms. The maximum Gasteiger partial charge on any atom is 0.274 e. The molecule has 1 aromatic heterocycles. The summed E-state index contributed by atoms with van der Waals surface area (Å²) in [5.41, 5.74) is -0.524. The van der Waals surface area contributed by atoms with Crippen molar-refractivity contribution in [3.8, 4) is 0 Å². The molecule has 2 aliphatic heterocycles. The molecule has 7 heteroatoms. The van der Waals surface area contributed by atoms with E-state index in [1.54, 1.807) is 4.90 Å². The van der Waals surface area contributed by atoms with E-state index in [0.717, 1.165) is 32.4 Å². The highest BCUT2D eigenvalue weighted by Gasteiger charge is 2.49. The van der Waals surface area contributed by atoms with E-state index in [9.17, 15) is 14.4 Å². The summed E-state index contributed by atoms with van der Waals surface area (Å²) < 4.78 is 0. The third-order valence-electron chi connectivity index (χ3n) is 6.57. The van der Waals surface area contributed by atoms with Gasteiger partial charge in [0.25, 0.3) is 11.5 Å². The highest BCUT2D eigenvalue weighted by Crippen LogP contribution is 2.41. The van der Waals surface area contributed by atoms with Crippen LogP contribution in [-0.4, -0.2) is 58.0 Å². The second-order valence-electron chi connectivity index (χ2n) is 8.42. The first-order valence-corrected chi connectivity index (χ1v) is 10.2. The number of carbonyl (C=O) groups excluding carboxylic acids is 2. The van der Waals surface area contributed by atoms with Gasteiger partial charge in [0.2, 0.25) is 5.91 Å². The van der Waals surface area contributed by atoms with Gasteiger partial charge in [-0.2, -0.15) is 5.10 Å². The number of hydrogen-bond acceptors (Lipinski definition) is 4. The minimum absolute atomic E-state index is 0.208. The summed E-state index contributed by atoms with van der Waals surface area (Å²) in [5.74, 6) is 0.673. The van der Waals surface area contributed by atoms with Crippen LogP contribution < -0.4 is 5.56 Å². The Morgan fingerprint density at radius 3 is 2.67 bits per heavy atom. The molecule has 0 bridgehead atoms. The first kappa shape index (κ1) is 18.2. The van der Waals surface area contributed by atoms with Gasteiger partial charge in [-0.1, -0.05) is 19.3 Å². The van der Waals surface area contributed by atoms with E-state index in [-0.39, 0.29) is 23.1 Å². The Bertz CT molecular complexity index is 750. The van der Waals surface area contributed by atoms with E-state index in [4.69, 9.17) is 0 Å². The van der Waals surface area contributed by atoms with Crippen molar-refractivity contribution >= 4 is 11.8 Å². The molecule has 3 heterocycles. The van der Waals surface area contributed by atoms with Crippen LogP contribution >= 0.6 is 0 Å². The van der Waals surface area contributed by atoms with Gasteiger partial charge < -0.3 is 9.80 Å². The Morgan fingerprint density at radius 2 is 1.93 bits per heavy atom. The fraction of sp³-hybridized carbons (Fsp3) is 0.700. The van der Waals surface area contributed by atoms with Crippen molar-refractivity contribution in [1.29, 1.82) is 0 Å². The van der Waals surface area contributed by atoms with E-state index in [1.165, 1.54) is 44.2 Å². The van der Waals surface area contributed by atoms with Crippen molar-refractivity contribution in [2.24, 2.45) is 11.3 Å². The molecule has 4 rings (SSSR count). The largest absolute Gasteiger partial charge is 0.342 e. The van der Waals surface area contributed by atoms with Crippen LogP contribution in [0.3, 0.4) is 0 Å². The van der Waals surface area contributed by atoms with Gasteiger partial charge in [-0.25, -0.2) is 5.10 Å². The number of H-pyrrole nitrogens is 1. The van der Waals surface area contributed by atoms with Crippen molar-refractivity contribution in [2.45, 2.75) is 51.4 Å². The summed E-state index contributed by atoms with van der Waals surface area (Å²) in [6.45, 7) is 2.78. The van der Waals surface area contributed by atoms with E-state index < -0.39 is 5.41 Å². The lowest BCUT2D eigenvalue weighted by molar-refractivity contribution is -0.146. The molecule has 2 amide bonds. The molecule has 2 saturated heterocycles. The molecule has 1 unspecified atom stereocenters. The Kier molecular flexibility index (Phi) is 5.02. The molecule has 3 fully saturated rings. The van der Waals surface area contributed by atoms with E-state index in [1.807, 2.05) is 0 Å². The molecular weight excluding hydrogens is 344 g/mol. The zero-order valence-corrected chi connectivity index (χ0v) is 15.8. The predicted molar refractivity (Wildman–Crippen MR) is 100 cm³/mol. The molecule has 3 aliphatic rings. The molecular formula is C20H28N4O3. The zero-order chi connectivity index (χ0) is 18.9. The maximum absolute atomic E-state index is 13.3. The van der Waals surface area contributed by atoms with Gasteiger partial charge in [-0.3, -0.25) is 14.4 Å². The Labute approximate surface area is 159 Å². The van der Waals surface area contributed by atoms with Gasteiger partial charge in [0, 0.05) is 32.2 Å². The first-order chi connectivity index (χ1) is 13.1. The molecule has 146 valence electrons. The van der Waals surface area contributed by atoms with E-state index >= 15 is 0 Å². The van der Waals surface area contributed by atoms with Crippen LogP contribution in [0.2, 0.25) is 0 Å². The van der Waals surface area contributed by atoms with Crippen molar-refractivity contribution in [2.75, 3.05) is 26.2 Å². The average Bonchev–Trinajstić information content (AvgIpc) is 3.12. The first-order valence-electron chi connectivity index (χ1n) is 10.2. The summed E-state index contributed by atoms with van der Waals surface area (Å²) in [6.07, 6.45) is 8.96. The quantitative estimate of drug-likeness (QED) is 0.877. The van der Waals surface area contributed by atoms with Crippen LogP contribution in [-0.2, 0) is 4.79 Å². The van der Waals surface area contributed by atoms with Crippen molar-refractivity contribution in [3.63, 3.8) is 0 Å². The number of amides is 2. The van der Waals surface area contributed by atoms with Gasteiger partial charge in [-0.15, -0.1) is 0 Å². The Balaban J connectivity index is 1.43. The third kappa shape index (κ3) is 3.64. The monoisotopic (exact) mass is 372 g/mol. The van der Waals surface area contributed by atoms with Crippen molar-refractivity contribution in [1.82, 2.24) is 20.0 Å². The third-order valence-corrected chi connectivity index (χ3v) is 6.57. The van der Waals surface area contributed by atoms with E-state index in [2.05, 4.69) is 15.1 Å². The van der Waals surface area contributed by atoms with Gasteiger partial charge >= 0.3 is 0 Å². The molecule has 7 nitrogen and oxygen atoms in total. The number of aromatic amines is 1. The summed E-state index contributed by atoms with van der Waals surface area (Å²) >= 11 is 0. The Morgan fingerprint density at radius 1 is 1.11 bits per heavy atom. The molecule has 1 aliphatic carbocycles. The lowest BCUT2D eigenvalue weighted by Crippen LogP contribution is -2.51. The number of carbonyl (C=O) groups is 2. The second kappa shape index (κ2) is 7.44. The summed E-state index contributed by atoms with van der Waals surface area (Å²) in [7, 11) is 0. The fourth-order valence-corrected chi connectivity index (χ4v) is 5.06. The average molecular weight is 372 g/mol. The van der Waals surface area contributed by atoms with Crippen LogP contribution in [0.5, 0.6) is 0 Å². The van der Waals surface area contributed by atoms with Gasteiger partial charge in [0.05, 0.1) is 5.41 Å². The van der Waals surface area contributed by atoms with Gasteiger partial charge in [-0.05, 0) is 44.1 Å². The summed E-state index contributed by atoms with van der Waals surface area (Å²) in [5, 5.41) is 6.15. The molecule has 1 N–H and O–H groups in total. The maximum atomic E-state index is 13.3. The fourth-order valence-electron chi connectivity index (χ4n) is 5.06. The molecule has 0 aromatic carbocycles. The van der Waals surface area contributed by atoms with Gasteiger partial charge in [0.15, 0.2) is 0 Å². The molecule has 1 atom stereocenters. The molecule has 27 heavy (non-hydrogen) atoms. The van der Waals surface area contributed by atoms with Crippen LogP contribution in [0, 0.1) is 11.3 Å². The number of nitrogens with one attached hydrogen (secondary N) is 1. The number of piperidine rings is 1. The van der Waals surface area contributed by atoms with Gasteiger partial charge in [0.1, 0.15) is 5.69 Å². The summed E-state index contributed by atoms with van der Waals surface area (Å²) in [4.78, 5) is 41.0. The molecule has 1 saturated carbocycles. The topological polar surface area (TPSA) is 86.4 Å². The molecule has 1 aromatic rings. The number of rotatable bonds is 3. The minimum atomic E-state index is -0.426. The standard InChI is InChI=1S/C20H28N4O3/c25-17-8-7-16(21-22-17)18(26)24-12-10-20(14-24)9-4-11-23(19(20)27)13-15-5-2-1-3-6-15/h7-8,15H,1-6,9-14H2,(H,22,25). The molecule has 0 radical (unpaired) electrons. The smallest absolute Gasteiger partial charge is 0.274 e. The second-order valence-corrected chi connectivity index (χ2v) is 8.42. The summed E-state index contributed by atoms with van der Waals surface area (Å²) in [6, 6.07) is 2.76. The van der Waals surface area contributed by atoms with Crippen LogP contribution in [0.1, 0.15) is 61.9 Å². The number of hydrogen-bond donors (Lipinski definition) is 1. The SMILES string of the molecule is O=C(c1ccc(=O)[nH]n1)N1CCC2(CCCN(CC3CCCCC3)C2=O)C1. The zero-order valence-electron chi connectivity index (χ0n) is 15.8. The number of aromatic nitrogens is 2. The predicted octanol–water partition coefficient (Wildman–Crippen LogP) is 1.80. The number of likely N-dealkylation sites (tertiary alicyclic amines) is 2. The van der Waals surface area contributed by atoms with E-state index in [0.29, 0.717) is 19.0 Å². The Hall–Kier alpha value is -2.18. The van der Waals surface area contributed by atoms with Crippen LogP contribution in [0.15, 0.2) is 16.9 Å². The highest BCUT2D eigenvalue weighted by atomic mass is 16.2. The highest BCUT2D eigenvalue weighted by molar-refractivity contribution is 5.93. The lowest BCUT2D eigenvalue weighted by Gasteiger charge is -2.41.